The molecule has 10 rings (SSSR count). The minimum Gasteiger partial charge on any atom is -0.457 e. The van der Waals surface area contributed by atoms with Crippen molar-refractivity contribution in [3.63, 3.8) is 0 Å². The van der Waals surface area contributed by atoms with E-state index in [2.05, 4.69) is 149 Å². The molecule has 0 amide bonds. The van der Waals surface area contributed by atoms with Crippen LogP contribution in [0.25, 0.3) is 76.9 Å². The van der Waals surface area contributed by atoms with Crippen LogP contribution in [0.15, 0.2) is 140 Å². The molecule has 5 nitrogen and oxygen atoms in total. The van der Waals surface area contributed by atoms with Gasteiger partial charge >= 0.3 is 0 Å². The van der Waals surface area contributed by atoms with Gasteiger partial charge < -0.3 is 4.74 Å². The maximum absolute atomic E-state index is 6.63. The topological polar surface area (TPSA) is 43.8 Å². The smallest absolute Gasteiger partial charge is 0.146 e. The molecule has 0 saturated carbocycles. The second kappa shape index (κ2) is 9.40. The fourth-order valence-corrected chi connectivity index (χ4v) is 7.15. The van der Waals surface area contributed by atoms with Gasteiger partial charge in [0.05, 0.1) is 27.8 Å². The number of rotatable bonds is 3. The Bertz CT molecular complexity index is 2860. The van der Waals surface area contributed by atoms with Crippen LogP contribution < -0.4 is 4.74 Å². The molecule has 0 spiro atoms. The fraction of sp³-hybridized carbons (Fsp3) is 0.0244. The first-order valence-electron chi connectivity index (χ1n) is 15.5. The lowest BCUT2D eigenvalue weighted by molar-refractivity contribution is 0.484. The number of aromatic nitrogens is 4. The number of hydrogen-bond acceptors (Lipinski definition) is 3. The average molecular weight is 591 g/mol. The molecular weight excluding hydrogens is 564 g/mol. The maximum atomic E-state index is 6.63. The molecule has 0 aliphatic heterocycles. The van der Waals surface area contributed by atoms with Gasteiger partial charge in [-0.05, 0) is 83.9 Å². The Morgan fingerprint density at radius 2 is 1.11 bits per heavy atom. The molecule has 0 radical (unpaired) electrons. The molecule has 4 heterocycles. The number of benzene rings is 6. The molecule has 6 aromatic carbocycles. The summed E-state index contributed by atoms with van der Waals surface area (Å²) < 4.78 is 11.1. The standard InChI is InChI=1S/C41H26N4O/c1-25-10-2-3-11-28(25)36-24-44-37-15-7-4-12-31(37)29-20-18-26(22-33(29)40(44)43-36)46-27-19-21-30-32-13-5-8-16-38(32)45-39-17-9-6-14-35(39)42-41(45)34(30)23-27/h2-24H,1H3. The van der Waals surface area contributed by atoms with E-state index in [1.54, 1.807) is 0 Å². The number of fused-ring (bicyclic) bond motifs is 14. The summed E-state index contributed by atoms with van der Waals surface area (Å²) in [5.41, 5.74) is 9.47. The highest BCUT2D eigenvalue weighted by atomic mass is 16.5. The molecular formula is C41H26N4O. The molecule has 4 aromatic heterocycles. The van der Waals surface area contributed by atoms with E-state index in [0.717, 1.165) is 77.7 Å². The van der Waals surface area contributed by atoms with Crippen LogP contribution in [0.2, 0.25) is 0 Å². The van der Waals surface area contributed by atoms with Crippen LogP contribution in [0, 0.1) is 6.92 Å². The zero-order valence-electron chi connectivity index (χ0n) is 25.0. The van der Waals surface area contributed by atoms with Crippen LogP contribution in [-0.2, 0) is 0 Å². The molecule has 0 fully saturated rings. The molecule has 5 heteroatoms. The summed E-state index contributed by atoms with van der Waals surface area (Å²) in [6.45, 7) is 2.13. The van der Waals surface area contributed by atoms with Gasteiger partial charge in [-0.3, -0.25) is 8.80 Å². The van der Waals surface area contributed by atoms with E-state index >= 15 is 0 Å². The van der Waals surface area contributed by atoms with E-state index in [0.29, 0.717) is 0 Å². The Morgan fingerprint density at radius 1 is 0.500 bits per heavy atom. The largest absolute Gasteiger partial charge is 0.457 e. The normalized spacial score (nSPS) is 12.0. The molecule has 0 atom stereocenters. The molecule has 0 unspecified atom stereocenters. The zero-order chi connectivity index (χ0) is 30.4. The van der Waals surface area contributed by atoms with Gasteiger partial charge in [-0.1, -0.05) is 72.8 Å². The lowest BCUT2D eigenvalue weighted by atomic mass is 10.1. The number of aryl methyl sites for hydroxylation is 1. The van der Waals surface area contributed by atoms with Gasteiger partial charge in [-0.2, -0.15) is 0 Å². The summed E-state index contributed by atoms with van der Waals surface area (Å²) in [5, 5.41) is 6.76. The van der Waals surface area contributed by atoms with Crippen LogP contribution in [-0.4, -0.2) is 18.8 Å². The lowest BCUT2D eigenvalue weighted by Crippen LogP contribution is -1.93. The molecule has 0 saturated heterocycles. The van der Waals surface area contributed by atoms with Crippen LogP contribution in [0.1, 0.15) is 5.56 Å². The predicted molar refractivity (Wildman–Crippen MR) is 188 cm³/mol. The molecule has 0 bridgehead atoms. The van der Waals surface area contributed by atoms with Crippen molar-refractivity contribution in [3.05, 3.63) is 145 Å². The van der Waals surface area contributed by atoms with Crippen molar-refractivity contribution in [2.45, 2.75) is 6.92 Å². The van der Waals surface area contributed by atoms with Gasteiger partial charge in [0, 0.05) is 33.3 Å². The number of imidazole rings is 2. The third-order valence-corrected chi connectivity index (χ3v) is 9.28. The lowest BCUT2D eigenvalue weighted by Gasteiger charge is -2.13. The third kappa shape index (κ3) is 3.57. The number of ether oxygens (including phenoxy) is 1. The third-order valence-electron chi connectivity index (χ3n) is 9.28. The minimum absolute atomic E-state index is 0.759. The first-order valence-corrected chi connectivity index (χ1v) is 15.5. The Labute approximate surface area is 263 Å². The zero-order valence-corrected chi connectivity index (χ0v) is 25.0. The summed E-state index contributed by atoms with van der Waals surface area (Å²) >= 11 is 0. The second-order valence-electron chi connectivity index (χ2n) is 11.9. The van der Waals surface area contributed by atoms with Crippen LogP contribution >= 0.6 is 0 Å². The van der Waals surface area contributed by atoms with Crippen molar-refractivity contribution in [1.82, 2.24) is 18.8 Å². The molecule has 46 heavy (non-hydrogen) atoms. The number of nitrogens with zero attached hydrogens (tertiary/aromatic N) is 4. The Morgan fingerprint density at radius 3 is 1.87 bits per heavy atom. The number of para-hydroxylation sites is 4. The van der Waals surface area contributed by atoms with Crippen molar-refractivity contribution in [1.29, 1.82) is 0 Å². The maximum Gasteiger partial charge on any atom is 0.146 e. The van der Waals surface area contributed by atoms with Gasteiger partial charge in [0.2, 0.25) is 0 Å². The van der Waals surface area contributed by atoms with E-state index in [-0.39, 0.29) is 0 Å². The molecule has 216 valence electrons. The van der Waals surface area contributed by atoms with Gasteiger partial charge in [0.25, 0.3) is 0 Å². The van der Waals surface area contributed by atoms with E-state index in [4.69, 9.17) is 14.7 Å². The van der Waals surface area contributed by atoms with E-state index in [1.807, 2.05) is 6.07 Å². The van der Waals surface area contributed by atoms with E-state index < -0.39 is 0 Å². The Balaban J connectivity index is 1.17. The summed E-state index contributed by atoms with van der Waals surface area (Å²) in [7, 11) is 0. The molecule has 0 N–H and O–H groups in total. The highest BCUT2D eigenvalue weighted by molar-refractivity contribution is 6.14. The molecule has 10 aromatic rings. The van der Waals surface area contributed by atoms with Gasteiger partial charge in [0.1, 0.15) is 22.8 Å². The minimum atomic E-state index is 0.759. The second-order valence-corrected chi connectivity index (χ2v) is 11.9. The number of pyridine rings is 2. The van der Waals surface area contributed by atoms with Gasteiger partial charge in [-0.15, -0.1) is 0 Å². The molecule has 0 aliphatic carbocycles. The van der Waals surface area contributed by atoms with Crippen molar-refractivity contribution in [2.24, 2.45) is 0 Å². The molecule has 0 aliphatic rings. The fourth-order valence-electron chi connectivity index (χ4n) is 7.15. The number of hydrogen-bond donors (Lipinski definition) is 0. The summed E-state index contributed by atoms with van der Waals surface area (Å²) in [6, 6.07) is 46.4. The highest BCUT2D eigenvalue weighted by Crippen LogP contribution is 2.38. The first kappa shape index (κ1) is 25.2. The quantitative estimate of drug-likeness (QED) is 0.192. The first-order chi connectivity index (χ1) is 22.7. The Hall–Kier alpha value is -6.20. The summed E-state index contributed by atoms with van der Waals surface area (Å²) in [4.78, 5) is 10.3. The van der Waals surface area contributed by atoms with Crippen molar-refractivity contribution in [3.8, 4) is 22.8 Å². The van der Waals surface area contributed by atoms with Crippen molar-refractivity contribution < 1.29 is 4.74 Å². The summed E-state index contributed by atoms with van der Waals surface area (Å²) in [6.07, 6.45) is 2.15. The van der Waals surface area contributed by atoms with Crippen molar-refractivity contribution in [2.75, 3.05) is 0 Å². The SMILES string of the molecule is Cc1ccccc1-c1cn2c3ccccc3c3ccc(Oc4ccc5c6ccccc6n6c7ccccc7nc6c5c4)cc3c2n1. The Kier molecular flexibility index (Phi) is 5.14. The summed E-state index contributed by atoms with van der Waals surface area (Å²) in [5.74, 6) is 1.52. The van der Waals surface area contributed by atoms with Crippen LogP contribution in [0.4, 0.5) is 0 Å². The van der Waals surface area contributed by atoms with E-state index in [1.165, 1.54) is 16.3 Å². The average Bonchev–Trinajstić information content (AvgIpc) is 3.72. The van der Waals surface area contributed by atoms with Crippen molar-refractivity contribution >= 4 is 65.7 Å². The highest BCUT2D eigenvalue weighted by Gasteiger charge is 2.17. The van der Waals surface area contributed by atoms with Crippen LogP contribution in [0.3, 0.4) is 0 Å². The van der Waals surface area contributed by atoms with E-state index in [9.17, 15) is 0 Å². The predicted octanol–water partition coefficient (Wildman–Crippen LogP) is 10.5. The monoisotopic (exact) mass is 590 g/mol. The van der Waals surface area contributed by atoms with Gasteiger partial charge in [-0.25, -0.2) is 9.97 Å². The van der Waals surface area contributed by atoms with Gasteiger partial charge in [0.15, 0.2) is 0 Å². The van der Waals surface area contributed by atoms with Crippen LogP contribution in [0.5, 0.6) is 11.5 Å².